The molecule has 92 valence electrons. The lowest BCUT2D eigenvalue weighted by atomic mass is 10.1. The average Bonchev–Trinajstić information content (AvgIpc) is 2.40. The Labute approximate surface area is 105 Å². The van der Waals surface area contributed by atoms with Crippen molar-refractivity contribution in [2.45, 2.75) is 13.0 Å². The van der Waals surface area contributed by atoms with Crippen LogP contribution in [0.25, 0.3) is 0 Å². The van der Waals surface area contributed by atoms with E-state index in [4.69, 9.17) is 5.26 Å². The quantitative estimate of drug-likeness (QED) is 0.568. The SMILES string of the molecule is CC1C(=O)N(CC#N)C(=O)CN1c1ccccc1. The minimum absolute atomic E-state index is 0.124. The Kier molecular flexibility index (Phi) is 3.28. The molecule has 0 aliphatic carbocycles. The highest BCUT2D eigenvalue weighted by Gasteiger charge is 2.36. The van der Waals surface area contributed by atoms with E-state index in [1.807, 2.05) is 36.4 Å². The molecule has 18 heavy (non-hydrogen) atoms. The first-order valence-electron chi connectivity index (χ1n) is 5.68. The van der Waals surface area contributed by atoms with Crippen molar-refractivity contribution in [2.24, 2.45) is 0 Å². The van der Waals surface area contributed by atoms with Gasteiger partial charge in [-0.3, -0.25) is 14.5 Å². The van der Waals surface area contributed by atoms with Crippen LogP contribution in [-0.4, -0.2) is 35.8 Å². The van der Waals surface area contributed by atoms with Gasteiger partial charge in [0, 0.05) is 5.69 Å². The summed E-state index contributed by atoms with van der Waals surface area (Å²) in [5, 5.41) is 8.61. The fraction of sp³-hybridized carbons (Fsp3) is 0.308. The zero-order valence-corrected chi connectivity index (χ0v) is 10.0. The first kappa shape index (κ1) is 12.1. The molecule has 0 spiro atoms. The summed E-state index contributed by atoms with van der Waals surface area (Å²) in [6.45, 7) is 1.69. The highest BCUT2D eigenvalue weighted by molar-refractivity contribution is 6.04. The summed E-state index contributed by atoms with van der Waals surface area (Å²) < 4.78 is 0. The Bertz CT molecular complexity index is 507. The van der Waals surface area contributed by atoms with Crippen molar-refractivity contribution in [3.05, 3.63) is 30.3 Å². The number of carbonyl (C=O) groups is 2. The van der Waals surface area contributed by atoms with Crippen LogP contribution < -0.4 is 4.90 Å². The van der Waals surface area contributed by atoms with Gasteiger partial charge in [0.05, 0.1) is 12.6 Å². The molecule has 0 bridgehead atoms. The second kappa shape index (κ2) is 4.88. The van der Waals surface area contributed by atoms with Crippen LogP contribution in [0, 0.1) is 11.3 Å². The monoisotopic (exact) mass is 243 g/mol. The number of anilines is 1. The Morgan fingerprint density at radius 1 is 1.33 bits per heavy atom. The van der Waals surface area contributed by atoms with Gasteiger partial charge in [-0.05, 0) is 19.1 Å². The lowest BCUT2D eigenvalue weighted by molar-refractivity contribution is -0.146. The van der Waals surface area contributed by atoms with Crippen molar-refractivity contribution in [1.29, 1.82) is 5.26 Å². The van der Waals surface area contributed by atoms with Crippen LogP contribution in [-0.2, 0) is 9.59 Å². The van der Waals surface area contributed by atoms with E-state index in [0.717, 1.165) is 10.6 Å². The van der Waals surface area contributed by atoms with Gasteiger partial charge in [0.25, 0.3) is 5.91 Å². The molecule has 2 amide bonds. The van der Waals surface area contributed by atoms with Gasteiger partial charge in [-0.1, -0.05) is 18.2 Å². The molecule has 1 aliphatic rings. The zero-order valence-electron chi connectivity index (χ0n) is 10.0. The fourth-order valence-corrected chi connectivity index (χ4v) is 2.02. The minimum Gasteiger partial charge on any atom is -0.350 e. The molecule has 5 nitrogen and oxygen atoms in total. The van der Waals surface area contributed by atoms with E-state index in [2.05, 4.69) is 0 Å². The number of hydrogen-bond acceptors (Lipinski definition) is 4. The maximum atomic E-state index is 12.0. The maximum absolute atomic E-state index is 12.0. The molecular formula is C13H13N3O2. The Hall–Kier alpha value is -2.35. The first-order valence-corrected chi connectivity index (χ1v) is 5.68. The molecule has 1 unspecified atom stereocenters. The van der Waals surface area contributed by atoms with Crippen LogP contribution in [0.4, 0.5) is 5.69 Å². The van der Waals surface area contributed by atoms with Gasteiger partial charge in [0.15, 0.2) is 0 Å². The Morgan fingerprint density at radius 3 is 2.61 bits per heavy atom. The number of nitrogens with zero attached hydrogens (tertiary/aromatic N) is 3. The summed E-state index contributed by atoms with van der Waals surface area (Å²) in [6.07, 6.45) is 0. The molecule has 1 fully saturated rings. The van der Waals surface area contributed by atoms with E-state index >= 15 is 0 Å². The van der Waals surface area contributed by atoms with E-state index < -0.39 is 6.04 Å². The molecule has 1 saturated heterocycles. The normalized spacial score (nSPS) is 19.9. The molecule has 0 aromatic heterocycles. The second-order valence-electron chi connectivity index (χ2n) is 4.12. The lowest BCUT2D eigenvalue weighted by Crippen LogP contribution is -2.59. The van der Waals surface area contributed by atoms with Crippen LogP contribution in [0.3, 0.4) is 0 Å². The molecule has 0 saturated carbocycles. The average molecular weight is 243 g/mol. The Morgan fingerprint density at radius 2 is 2.00 bits per heavy atom. The van der Waals surface area contributed by atoms with Gasteiger partial charge in [-0.25, -0.2) is 0 Å². The number of carbonyl (C=O) groups excluding carboxylic acids is 2. The van der Waals surface area contributed by atoms with Crippen molar-refractivity contribution in [2.75, 3.05) is 18.0 Å². The number of benzene rings is 1. The number of rotatable bonds is 2. The number of imide groups is 1. The lowest BCUT2D eigenvalue weighted by Gasteiger charge is -2.38. The Balaban J connectivity index is 2.26. The number of amides is 2. The molecule has 1 aromatic rings. The molecule has 1 aromatic carbocycles. The van der Waals surface area contributed by atoms with Crippen LogP contribution in [0.5, 0.6) is 0 Å². The molecule has 1 heterocycles. The number of piperazine rings is 1. The van der Waals surface area contributed by atoms with Crippen molar-refractivity contribution in [3.63, 3.8) is 0 Å². The maximum Gasteiger partial charge on any atom is 0.252 e. The summed E-state index contributed by atoms with van der Waals surface area (Å²) in [4.78, 5) is 26.6. The predicted octanol–water partition coefficient (Wildman–Crippen LogP) is 0.774. The van der Waals surface area contributed by atoms with Crippen LogP contribution in [0.1, 0.15) is 6.92 Å². The summed E-state index contributed by atoms with van der Waals surface area (Å²) in [7, 11) is 0. The van der Waals surface area contributed by atoms with Gasteiger partial charge < -0.3 is 4.90 Å². The highest BCUT2D eigenvalue weighted by Crippen LogP contribution is 2.21. The van der Waals surface area contributed by atoms with Gasteiger partial charge in [-0.2, -0.15) is 5.26 Å². The van der Waals surface area contributed by atoms with E-state index in [0.29, 0.717) is 0 Å². The number of hydrogen-bond donors (Lipinski definition) is 0. The first-order chi connectivity index (χ1) is 8.65. The van der Waals surface area contributed by atoms with E-state index in [1.54, 1.807) is 11.8 Å². The van der Waals surface area contributed by atoms with Gasteiger partial charge >= 0.3 is 0 Å². The molecule has 1 aliphatic heterocycles. The number of para-hydroxylation sites is 1. The molecule has 0 radical (unpaired) electrons. The molecule has 0 N–H and O–H groups in total. The van der Waals surface area contributed by atoms with E-state index in [1.165, 1.54) is 0 Å². The standard InChI is InChI=1S/C13H13N3O2/c1-10-13(18)15(8-7-14)12(17)9-16(10)11-5-3-2-4-6-11/h2-6,10H,8-9H2,1H3. The third kappa shape index (κ3) is 2.05. The highest BCUT2D eigenvalue weighted by atomic mass is 16.2. The van der Waals surface area contributed by atoms with Crippen molar-refractivity contribution in [1.82, 2.24) is 4.90 Å². The topological polar surface area (TPSA) is 64.4 Å². The largest absolute Gasteiger partial charge is 0.350 e. The summed E-state index contributed by atoms with van der Waals surface area (Å²) in [5.74, 6) is -0.653. The minimum atomic E-state index is -0.432. The van der Waals surface area contributed by atoms with Crippen molar-refractivity contribution >= 4 is 17.5 Å². The summed E-state index contributed by atoms with van der Waals surface area (Å²) in [5.41, 5.74) is 0.836. The van der Waals surface area contributed by atoms with Gasteiger partial charge in [0.1, 0.15) is 12.6 Å². The zero-order chi connectivity index (χ0) is 13.1. The van der Waals surface area contributed by atoms with E-state index in [9.17, 15) is 9.59 Å². The summed E-state index contributed by atoms with van der Waals surface area (Å²) in [6, 6.07) is 10.7. The smallest absolute Gasteiger partial charge is 0.252 e. The van der Waals surface area contributed by atoms with E-state index in [-0.39, 0.29) is 24.9 Å². The van der Waals surface area contributed by atoms with Crippen molar-refractivity contribution in [3.8, 4) is 6.07 Å². The van der Waals surface area contributed by atoms with Gasteiger partial charge in [0.2, 0.25) is 5.91 Å². The molecule has 1 atom stereocenters. The predicted molar refractivity (Wildman–Crippen MR) is 65.6 cm³/mol. The van der Waals surface area contributed by atoms with Gasteiger partial charge in [-0.15, -0.1) is 0 Å². The van der Waals surface area contributed by atoms with Crippen LogP contribution in [0.15, 0.2) is 30.3 Å². The van der Waals surface area contributed by atoms with Crippen LogP contribution in [0.2, 0.25) is 0 Å². The molecular weight excluding hydrogens is 230 g/mol. The fourth-order valence-electron chi connectivity index (χ4n) is 2.02. The third-order valence-corrected chi connectivity index (χ3v) is 3.01. The number of nitriles is 1. The third-order valence-electron chi connectivity index (χ3n) is 3.01. The summed E-state index contributed by atoms with van der Waals surface area (Å²) >= 11 is 0. The molecule has 2 rings (SSSR count). The molecule has 5 heteroatoms. The second-order valence-corrected chi connectivity index (χ2v) is 4.12. The van der Waals surface area contributed by atoms with Crippen molar-refractivity contribution < 1.29 is 9.59 Å². The van der Waals surface area contributed by atoms with Crippen LogP contribution >= 0.6 is 0 Å².